The second kappa shape index (κ2) is 11.3. The molecule has 0 radical (unpaired) electrons. The Hall–Kier alpha value is -3.84. The molecule has 3 atom stereocenters. The Labute approximate surface area is 249 Å². The lowest BCUT2D eigenvalue weighted by molar-refractivity contribution is -0.144. The normalized spacial score (nSPS) is 20.4. The van der Waals surface area contributed by atoms with Gasteiger partial charge in [0.05, 0.1) is 34.3 Å². The highest BCUT2D eigenvalue weighted by Crippen LogP contribution is 2.49. The number of aromatic hydroxyl groups is 1. The number of alkyl halides is 3. The first-order valence-corrected chi connectivity index (χ1v) is 13.9. The second-order valence-electron chi connectivity index (χ2n) is 11.0. The molecule has 5 rings (SSSR count). The molecule has 0 aliphatic carbocycles. The highest BCUT2D eigenvalue weighted by Gasteiger charge is 2.38. The minimum absolute atomic E-state index is 0.0000201. The summed E-state index contributed by atoms with van der Waals surface area (Å²) >= 11 is 6.75. The van der Waals surface area contributed by atoms with E-state index in [4.69, 9.17) is 16.3 Å². The lowest BCUT2D eigenvalue weighted by Crippen LogP contribution is -2.58. The van der Waals surface area contributed by atoms with Gasteiger partial charge >= 0.3 is 11.9 Å². The van der Waals surface area contributed by atoms with Crippen molar-refractivity contribution >= 4 is 34.2 Å². The van der Waals surface area contributed by atoms with E-state index < -0.39 is 36.0 Å². The number of amides is 1. The van der Waals surface area contributed by atoms with Crippen LogP contribution in [0.5, 0.6) is 11.5 Å². The average Bonchev–Trinajstić information content (AvgIpc) is 2.91. The molecule has 230 valence electrons. The number of nitrogens with zero attached hydrogens (tertiary/aromatic N) is 5. The second-order valence-corrected chi connectivity index (χ2v) is 11.4. The molecule has 43 heavy (non-hydrogen) atoms. The van der Waals surface area contributed by atoms with Crippen molar-refractivity contribution in [3.8, 4) is 22.6 Å². The third kappa shape index (κ3) is 5.63. The Bertz CT molecular complexity index is 1640. The number of carbonyl (C=O) groups is 1. The number of anilines is 1. The van der Waals surface area contributed by atoms with E-state index in [1.54, 1.807) is 4.90 Å². The van der Waals surface area contributed by atoms with Crippen LogP contribution in [0, 0.1) is 5.82 Å². The zero-order chi connectivity index (χ0) is 31.4. The maximum atomic E-state index is 15.1. The van der Waals surface area contributed by atoms with Crippen LogP contribution in [-0.2, 0) is 4.79 Å². The SMILES string of the molecule is C=CC(=O)N1C[C@H](C)N(c2nc(=O)n3c4c(c(-c5c(O)cccc5F)c(Cl)cc24)OC[C@@H]3CN(C)CC(F)(F)F)C[C@H]1C. The summed E-state index contributed by atoms with van der Waals surface area (Å²) in [5.74, 6) is -1.20. The molecular formula is C29H30ClF4N5O4. The summed E-state index contributed by atoms with van der Waals surface area (Å²) in [6, 6.07) is 3.76. The molecular weight excluding hydrogens is 594 g/mol. The van der Waals surface area contributed by atoms with Crippen LogP contribution in [0.2, 0.25) is 5.02 Å². The molecule has 1 fully saturated rings. The van der Waals surface area contributed by atoms with E-state index >= 15 is 4.39 Å². The minimum atomic E-state index is -4.46. The number of rotatable bonds is 6. The minimum Gasteiger partial charge on any atom is -0.507 e. The van der Waals surface area contributed by atoms with Crippen LogP contribution in [0.15, 0.2) is 41.7 Å². The molecule has 1 aromatic heterocycles. The summed E-state index contributed by atoms with van der Waals surface area (Å²) in [4.78, 5) is 35.1. The van der Waals surface area contributed by atoms with Crippen molar-refractivity contribution in [1.29, 1.82) is 0 Å². The molecule has 0 spiro atoms. The Kier molecular flexibility index (Phi) is 8.07. The van der Waals surface area contributed by atoms with E-state index in [1.165, 1.54) is 35.9 Å². The van der Waals surface area contributed by atoms with E-state index in [0.717, 1.165) is 11.0 Å². The van der Waals surface area contributed by atoms with Gasteiger partial charge < -0.3 is 19.6 Å². The third-order valence-corrected chi connectivity index (χ3v) is 8.11. The number of ether oxygens (including phenoxy) is 1. The fourth-order valence-electron chi connectivity index (χ4n) is 5.98. The number of phenols is 1. The fraction of sp³-hybridized carbons (Fsp3) is 0.414. The molecule has 3 aromatic rings. The van der Waals surface area contributed by atoms with Crippen molar-refractivity contribution < 1.29 is 32.2 Å². The number of piperazine rings is 1. The van der Waals surface area contributed by atoms with Crippen molar-refractivity contribution in [3.05, 3.63) is 58.2 Å². The van der Waals surface area contributed by atoms with Gasteiger partial charge in [-0.15, -0.1) is 0 Å². The summed E-state index contributed by atoms with van der Waals surface area (Å²) in [7, 11) is 1.28. The lowest BCUT2D eigenvalue weighted by Gasteiger charge is -2.45. The molecule has 2 aromatic carbocycles. The summed E-state index contributed by atoms with van der Waals surface area (Å²) in [6.45, 7) is 6.23. The van der Waals surface area contributed by atoms with Gasteiger partial charge in [0, 0.05) is 37.1 Å². The lowest BCUT2D eigenvalue weighted by atomic mass is 9.98. The Balaban J connectivity index is 1.73. The summed E-state index contributed by atoms with van der Waals surface area (Å²) in [6.07, 6.45) is -3.23. The highest BCUT2D eigenvalue weighted by atomic mass is 35.5. The Morgan fingerprint density at radius 1 is 1.26 bits per heavy atom. The Morgan fingerprint density at radius 3 is 2.63 bits per heavy atom. The monoisotopic (exact) mass is 623 g/mol. The van der Waals surface area contributed by atoms with Gasteiger partial charge in [0.25, 0.3) is 0 Å². The van der Waals surface area contributed by atoms with Crippen LogP contribution >= 0.6 is 11.6 Å². The van der Waals surface area contributed by atoms with Crippen molar-refractivity contribution in [3.63, 3.8) is 0 Å². The van der Waals surface area contributed by atoms with E-state index in [-0.39, 0.29) is 64.4 Å². The van der Waals surface area contributed by atoms with Crippen LogP contribution in [0.1, 0.15) is 19.9 Å². The zero-order valence-electron chi connectivity index (χ0n) is 23.7. The van der Waals surface area contributed by atoms with Gasteiger partial charge in [0.15, 0.2) is 5.75 Å². The van der Waals surface area contributed by atoms with Gasteiger partial charge in [-0.3, -0.25) is 14.3 Å². The first-order chi connectivity index (χ1) is 20.2. The molecule has 0 bridgehead atoms. The number of hydrogen-bond donors (Lipinski definition) is 1. The average molecular weight is 624 g/mol. The molecule has 1 N–H and O–H groups in total. The first kappa shape index (κ1) is 30.6. The molecule has 2 aliphatic rings. The molecule has 9 nitrogen and oxygen atoms in total. The van der Waals surface area contributed by atoms with Crippen molar-refractivity contribution in [2.45, 2.75) is 38.1 Å². The van der Waals surface area contributed by atoms with Gasteiger partial charge in [-0.05, 0) is 45.2 Å². The number of carbonyl (C=O) groups excluding carboxylic acids is 1. The van der Waals surface area contributed by atoms with E-state index in [2.05, 4.69) is 11.6 Å². The summed E-state index contributed by atoms with van der Waals surface area (Å²) in [5, 5.41) is 11.0. The van der Waals surface area contributed by atoms with Crippen molar-refractivity contribution in [1.82, 2.24) is 19.4 Å². The first-order valence-electron chi connectivity index (χ1n) is 13.6. The molecule has 0 unspecified atom stereocenters. The molecule has 0 saturated carbocycles. The molecule has 1 amide bonds. The number of aromatic nitrogens is 2. The van der Waals surface area contributed by atoms with Crippen LogP contribution in [-0.4, -0.2) is 88.5 Å². The van der Waals surface area contributed by atoms with Crippen LogP contribution in [0.25, 0.3) is 22.0 Å². The number of halogens is 5. The van der Waals surface area contributed by atoms with Gasteiger partial charge in [0.1, 0.15) is 24.0 Å². The number of hydrogen-bond acceptors (Lipinski definition) is 7. The number of likely N-dealkylation sites (N-methyl/N-ethyl adjacent to an activating group) is 1. The summed E-state index contributed by atoms with van der Waals surface area (Å²) in [5.41, 5.74) is -0.820. The van der Waals surface area contributed by atoms with Crippen LogP contribution < -0.4 is 15.3 Å². The third-order valence-electron chi connectivity index (χ3n) is 7.81. The Morgan fingerprint density at radius 2 is 1.98 bits per heavy atom. The largest absolute Gasteiger partial charge is 0.507 e. The smallest absolute Gasteiger partial charge is 0.401 e. The van der Waals surface area contributed by atoms with E-state index in [9.17, 15) is 27.9 Å². The molecule has 1 saturated heterocycles. The molecule has 3 heterocycles. The van der Waals surface area contributed by atoms with Crippen LogP contribution in [0.4, 0.5) is 23.4 Å². The van der Waals surface area contributed by atoms with Gasteiger partial charge in [-0.1, -0.05) is 24.2 Å². The standard InChI is InChI=1S/C29H30ClF4N5O4/c1-5-22(41)37-10-16(3)38(11-15(37)2)27-18-9-19(30)23(24-20(31)7-6-8-21(24)40)26-25(18)39(28(42)35-27)17(13-43-26)12-36(4)14-29(32,33)34/h5-9,15-17,40H,1,10-14H2,2-4H3/t15-,16+,17+/m1/s1. The number of phenolic OH excluding ortho intramolecular Hbond substituents is 1. The van der Waals surface area contributed by atoms with Crippen molar-refractivity contribution in [2.75, 3.05) is 44.7 Å². The maximum absolute atomic E-state index is 15.1. The quantitative estimate of drug-likeness (QED) is 0.317. The predicted molar refractivity (Wildman–Crippen MR) is 154 cm³/mol. The van der Waals surface area contributed by atoms with Gasteiger partial charge in [-0.2, -0.15) is 18.2 Å². The van der Waals surface area contributed by atoms with E-state index in [1.807, 2.05) is 18.7 Å². The predicted octanol–water partition coefficient (Wildman–Crippen LogP) is 4.60. The van der Waals surface area contributed by atoms with Gasteiger partial charge in [-0.25, -0.2) is 9.18 Å². The fourth-order valence-corrected chi connectivity index (χ4v) is 6.27. The zero-order valence-corrected chi connectivity index (χ0v) is 24.4. The van der Waals surface area contributed by atoms with Crippen LogP contribution in [0.3, 0.4) is 0 Å². The highest BCUT2D eigenvalue weighted by molar-refractivity contribution is 6.35. The molecule has 14 heteroatoms. The van der Waals surface area contributed by atoms with Crippen molar-refractivity contribution in [2.24, 2.45) is 0 Å². The van der Waals surface area contributed by atoms with E-state index in [0.29, 0.717) is 18.5 Å². The topological polar surface area (TPSA) is 91.1 Å². The molecule has 2 aliphatic heterocycles. The number of benzene rings is 2. The summed E-state index contributed by atoms with van der Waals surface area (Å²) < 4.78 is 61.9. The van der Waals surface area contributed by atoms with Gasteiger partial charge in [0.2, 0.25) is 5.91 Å². The maximum Gasteiger partial charge on any atom is 0.401 e.